The van der Waals surface area contributed by atoms with Gasteiger partial charge in [-0.1, -0.05) is 5.21 Å². The van der Waals surface area contributed by atoms with Crippen molar-refractivity contribution in [1.82, 2.24) is 40.8 Å². The number of rotatable bonds is 8. The van der Waals surface area contributed by atoms with Crippen LogP contribution in [0.5, 0.6) is 0 Å². The molecule has 1 aliphatic rings. The summed E-state index contributed by atoms with van der Waals surface area (Å²) in [4.78, 5) is 16.0. The lowest BCUT2D eigenvalue weighted by Crippen LogP contribution is -2.40. The molecule has 2 aromatic heterocycles. The highest BCUT2D eigenvalue weighted by Crippen LogP contribution is 2.28. The number of likely N-dealkylation sites (N-methyl/N-ethyl adjacent to an activating group) is 1. The van der Waals surface area contributed by atoms with E-state index in [4.69, 9.17) is 0 Å². The zero-order valence-electron chi connectivity index (χ0n) is 16.6. The van der Waals surface area contributed by atoms with Gasteiger partial charge in [-0.25, -0.2) is 0 Å². The predicted molar refractivity (Wildman–Crippen MR) is 101 cm³/mol. The van der Waals surface area contributed by atoms with Gasteiger partial charge in [-0.2, -0.15) is 13.2 Å². The van der Waals surface area contributed by atoms with Crippen LogP contribution < -0.4 is 10.9 Å². The largest absolute Gasteiger partial charge is 0.417 e. The number of hydrazine groups is 2. The highest BCUT2D eigenvalue weighted by molar-refractivity contribution is 5.92. The molecular weight excluding hydrogens is 401 g/mol. The van der Waals surface area contributed by atoms with Crippen LogP contribution in [0.2, 0.25) is 0 Å². The number of carbonyl (C=O) groups excluding carboxylic acids is 1. The molecule has 1 aliphatic heterocycles. The Morgan fingerprint density at radius 1 is 1.23 bits per heavy atom. The molecule has 0 fully saturated rings. The fraction of sp³-hybridized carbons (Fsp3) is 0.444. The van der Waals surface area contributed by atoms with Crippen molar-refractivity contribution >= 4 is 5.91 Å². The van der Waals surface area contributed by atoms with Gasteiger partial charge in [0, 0.05) is 51.5 Å². The van der Waals surface area contributed by atoms with E-state index in [1.165, 1.54) is 6.20 Å². The minimum absolute atomic E-state index is 0.0573. The second-order valence-electron chi connectivity index (χ2n) is 6.96. The Labute approximate surface area is 171 Å². The molecule has 3 rings (SSSR count). The first-order valence-corrected chi connectivity index (χ1v) is 9.37. The zero-order valence-corrected chi connectivity index (χ0v) is 16.6. The van der Waals surface area contributed by atoms with Crippen molar-refractivity contribution < 1.29 is 18.0 Å². The van der Waals surface area contributed by atoms with Crippen LogP contribution in [-0.2, 0) is 24.1 Å². The molecule has 0 radical (unpaired) electrons. The van der Waals surface area contributed by atoms with Crippen molar-refractivity contribution in [2.75, 3.05) is 13.6 Å². The molecule has 162 valence electrons. The monoisotopic (exact) mass is 424 g/mol. The van der Waals surface area contributed by atoms with Crippen molar-refractivity contribution in [2.24, 2.45) is 0 Å². The second-order valence-corrected chi connectivity index (χ2v) is 6.96. The lowest BCUT2D eigenvalue weighted by atomic mass is 10.2. The van der Waals surface area contributed by atoms with Crippen LogP contribution in [0.25, 0.3) is 0 Å². The van der Waals surface area contributed by atoms with Crippen molar-refractivity contribution in [3.63, 3.8) is 0 Å². The van der Waals surface area contributed by atoms with Gasteiger partial charge in [-0.05, 0) is 31.4 Å². The number of hydrogen-bond donors (Lipinski definition) is 2. The summed E-state index contributed by atoms with van der Waals surface area (Å²) in [6, 6.07) is 0.973. The summed E-state index contributed by atoms with van der Waals surface area (Å²) in [6.45, 7) is 3.26. The first-order chi connectivity index (χ1) is 14.2. The van der Waals surface area contributed by atoms with Gasteiger partial charge in [0.15, 0.2) is 0 Å². The van der Waals surface area contributed by atoms with Crippen LogP contribution in [0.15, 0.2) is 36.6 Å². The number of hydrogen-bond acceptors (Lipinski definition) is 7. The summed E-state index contributed by atoms with van der Waals surface area (Å²) in [5.41, 5.74) is 3.69. The molecule has 0 saturated heterocycles. The van der Waals surface area contributed by atoms with E-state index >= 15 is 0 Å². The van der Waals surface area contributed by atoms with Crippen molar-refractivity contribution in [3.05, 3.63) is 53.4 Å². The third-order valence-corrected chi connectivity index (χ3v) is 4.42. The van der Waals surface area contributed by atoms with Gasteiger partial charge in [-0.3, -0.25) is 24.5 Å². The van der Waals surface area contributed by atoms with Gasteiger partial charge in [0.25, 0.3) is 5.91 Å². The number of alkyl halides is 3. The summed E-state index contributed by atoms with van der Waals surface area (Å²) in [5.74, 6) is -0.400. The summed E-state index contributed by atoms with van der Waals surface area (Å²) in [7, 11) is 1.69. The fourth-order valence-corrected chi connectivity index (χ4v) is 2.91. The van der Waals surface area contributed by atoms with Crippen LogP contribution in [0.1, 0.15) is 29.7 Å². The number of nitrogens with zero attached hydrogens (tertiary/aromatic N) is 6. The fourth-order valence-electron chi connectivity index (χ4n) is 2.91. The van der Waals surface area contributed by atoms with Crippen LogP contribution in [0, 0.1) is 6.92 Å². The predicted octanol–water partition coefficient (Wildman–Crippen LogP) is 1.61. The van der Waals surface area contributed by atoms with Crippen molar-refractivity contribution in [1.29, 1.82) is 0 Å². The standard InChI is InChI=1S/C18H23F3N8O/c1-13-11-28(25-24-13)5-3-4-6-29-12-16(27(2)26-29)17(30)23-9-14-7-15(10-22-8-14)18(19,20)21/h7-8,10-12,26H,3-6,9H2,1-2H3,(H,23,30). The SMILES string of the molecule is Cc1cn(CCCCN2C=C(C(=O)NCc3cncc(C(F)(F)F)c3)N(C)N2)nn1. The Morgan fingerprint density at radius 2 is 2.00 bits per heavy atom. The molecule has 0 aromatic carbocycles. The maximum Gasteiger partial charge on any atom is 0.417 e. The van der Waals surface area contributed by atoms with Crippen LogP contribution in [0.4, 0.5) is 13.2 Å². The van der Waals surface area contributed by atoms with Crippen LogP contribution in [0.3, 0.4) is 0 Å². The van der Waals surface area contributed by atoms with Gasteiger partial charge < -0.3 is 5.32 Å². The van der Waals surface area contributed by atoms with E-state index in [2.05, 4.69) is 26.1 Å². The van der Waals surface area contributed by atoms with E-state index < -0.39 is 17.6 Å². The number of pyridine rings is 1. The minimum atomic E-state index is -4.47. The summed E-state index contributed by atoms with van der Waals surface area (Å²) >= 11 is 0. The topological polar surface area (TPSA) is 91.2 Å². The first kappa shape index (κ1) is 21.6. The van der Waals surface area contributed by atoms with Gasteiger partial charge >= 0.3 is 6.18 Å². The van der Waals surface area contributed by atoms with E-state index in [0.29, 0.717) is 12.2 Å². The molecule has 1 amide bonds. The molecule has 2 N–H and O–H groups in total. The number of amides is 1. The Bertz CT molecular complexity index is 911. The van der Waals surface area contributed by atoms with Gasteiger partial charge in [0.1, 0.15) is 5.70 Å². The zero-order chi connectivity index (χ0) is 21.7. The van der Waals surface area contributed by atoms with E-state index in [1.54, 1.807) is 27.9 Å². The highest BCUT2D eigenvalue weighted by Gasteiger charge is 2.31. The molecule has 30 heavy (non-hydrogen) atoms. The van der Waals surface area contributed by atoms with Crippen molar-refractivity contribution in [2.45, 2.75) is 39.0 Å². The molecule has 12 heteroatoms. The molecule has 0 saturated carbocycles. The third kappa shape index (κ3) is 5.69. The molecule has 0 atom stereocenters. The third-order valence-electron chi connectivity index (χ3n) is 4.42. The Morgan fingerprint density at radius 3 is 2.70 bits per heavy atom. The summed E-state index contributed by atoms with van der Waals surface area (Å²) in [5, 5.41) is 13.9. The second kappa shape index (κ2) is 9.11. The van der Waals surface area contributed by atoms with E-state index in [-0.39, 0.29) is 12.1 Å². The molecule has 0 unspecified atom stereocenters. The van der Waals surface area contributed by atoms with Gasteiger partial charge in [0.2, 0.25) is 0 Å². The lowest BCUT2D eigenvalue weighted by Gasteiger charge is -2.20. The van der Waals surface area contributed by atoms with Gasteiger partial charge in [0.05, 0.1) is 11.3 Å². The highest BCUT2D eigenvalue weighted by atomic mass is 19.4. The molecule has 3 heterocycles. The molecule has 0 aliphatic carbocycles. The Balaban J connectivity index is 1.47. The molecule has 0 spiro atoms. The van der Waals surface area contributed by atoms with Crippen LogP contribution >= 0.6 is 0 Å². The average molecular weight is 424 g/mol. The molecular formula is C18H23F3N8O. The van der Waals surface area contributed by atoms with E-state index in [1.807, 2.05) is 13.1 Å². The quantitative estimate of drug-likeness (QED) is 0.622. The first-order valence-electron chi connectivity index (χ1n) is 9.37. The van der Waals surface area contributed by atoms with E-state index in [0.717, 1.165) is 37.3 Å². The Kier molecular flexibility index (Phi) is 6.55. The maximum absolute atomic E-state index is 12.8. The summed E-state index contributed by atoms with van der Waals surface area (Å²) in [6.07, 6.45) is 2.87. The molecule has 0 bridgehead atoms. The number of unbranched alkanes of at least 4 members (excludes halogenated alkanes) is 1. The minimum Gasteiger partial charge on any atom is -0.347 e. The smallest absolute Gasteiger partial charge is 0.347 e. The molecule has 9 nitrogen and oxygen atoms in total. The lowest BCUT2D eigenvalue weighted by molar-refractivity contribution is -0.137. The Hall–Kier alpha value is -3.15. The number of nitrogens with one attached hydrogen (secondary N) is 2. The van der Waals surface area contributed by atoms with Gasteiger partial charge in [-0.15, -0.1) is 10.6 Å². The normalized spacial score (nSPS) is 14.2. The number of halogens is 3. The maximum atomic E-state index is 12.8. The van der Waals surface area contributed by atoms with E-state index in [9.17, 15) is 18.0 Å². The van der Waals surface area contributed by atoms with Crippen LogP contribution in [-0.4, -0.2) is 49.5 Å². The summed E-state index contributed by atoms with van der Waals surface area (Å²) < 4.78 is 40.1. The molecule has 2 aromatic rings. The number of aryl methyl sites for hydroxylation is 2. The number of carbonyl (C=O) groups is 1. The number of aromatic nitrogens is 4. The van der Waals surface area contributed by atoms with Crippen molar-refractivity contribution in [3.8, 4) is 0 Å². The average Bonchev–Trinajstić information content (AvgIpc) is 3.28.